The smallest absolute Gasteiger partial charge is 0.127 e. The third-order valence-electron chi connectivity index (χ3n) is 1.67. The van der Waals surface area contributed by atoms with Crippen molar-refractivity contribution in [1.82, 2.24) is 14.6 Å². The van der Waals surface area contributed by atoms with E-state index in [1.165, 1.54) is 0 Å². The van der Waals surface area contributed by atoms with Crippen LogP contribution in [-0.2, 0) is 0 Å². The number of hydrogen-bond donors (Lipinski definition) is 0. The number of aryl methyl sites for hydroxylation is 2. The molecule has 3 heteroatoms. The molecule has 0 bridgehead atoms. The molecule has 0 radical (unpaired) electrons. The van der Waals surface area contributed by atoms with Gasteiger partial charge in [0.05, 0.1) is 11.7 Å². The Morgan fingerprint density at radius 3 is 3.00 bits per heavy atom. The highest BCUT2D eigenvalue weighted by Crippen LogP contribution is 2.04. The van der Waals surface area contributed by atoms with Crippen LogP contribution in [0.15, 0.2) is 18.3 Å². The molecule has 11 heavy (non-hydrogen) atoms. The SMILES string of the molecule is Cc1cc2ccnn2c(C)n1. The summed E-state index contributed by atoms with van der Waals surface area (Å²) in [6, 6.07) is 3.99. The first-order valence-corrected chi connectivity index (χ1v) is 3.55. The van der Waals surface area contributed by atoms with E-state index >= 15 is 0 Å². The Balaban J connectivity index is 2.91. The van der Waals surface area contributed by atoms with Gasteiger partial charge < -0.3 is 0 Å². The maximum Gasteiger partial charge on any atom is 0.127 e. The first-order chi connectivity index (χ1) is 5.27. The van der Waals surface area contributed by atoms with E-state index in [0.29, 0.717) is 0 Å². The predicted molar refractivity (Wildman–Crippen MR) is 42.5 cm³/mol. The minimum absolute atomic E-state index is 0.935. The second kappa shape index (κ2) is 2.05. The lowest BCUT2D eigenvalue weighted by Gasteiger charge is -1.98. The topological polar surface area (TPSA) is 30.2 Å². The van der Waals surface area contributed by atoms with Gasteiger partial charge in [-0.25, -0.2) is 9.50 Å². The number of fused-ring (bicyclic) bond motifs is 1. The van der Waals surface area contributed by atoms with Gasteiger partial charge in [0.2, 0.25) is 0 Å². The monoisotopic (exact) mass is 147 g/mol. The van der Waals surface area contributed by atoms with Gasteiger partial charge in [-0.3, -0.25) is 0 Å². The Hall–Kier alpha value is -1.38. The minimum Gasteiger partial charge on any atom is -0.238 e. The number of rotatable bonds is 0. The molecule has 3 nitrogen and oxygen atoms in total. The Morgan fingerprint density at radius 2 is 2.18 bits per heavy atom. The number of hydrogen-bond acceptors (Lipinski definition) is 2. The van der Waals surface area contributed by atoms with Gasteiger partial charge in [0.1, 0.15) is 5.82 Å². The molecule has 0 atom stereocenters. The highest BCUT2D eigenvalue weighted by atomic mass is 15.2. The molecule has 2 rings (SSSR count). The summed E-state index contributed by atoms with van der Waals surface area (Å²) in [6.45, 7) is 3.94. The molecule has 0 aromatic carbocycles. The van der Waals surface area contributed by atoms with Crippen molar-refractivity contribution >= 4 is 5.52 Å². The van der Waals surface area contributed by atoms with Crippen molar-refractivity contribution in [1.29, 1.82) is 0 Å². The van der Waals surface area contributed by atoms with Gasteiger partial charge in [-0.2, -0.15) is 5.10 Å². The minimum atomic E-state index is 0.935. The number of nitrogens with zero attached hydrogens (tertiary/aromatic N) is 3. The average Bonchev–Trinajstić information content (AvgIpc) is 2.34. The maximum absolute atomic E-state index is 4.27. The van der Waals surface area contributed by atoms with Crippen molar-refractivity contribution in [3.63, 3.8) is 0 Å². The molecule has 0 fully saturated rings. The first kappa shape index (κ1) is 6.34. The Morgan fingerprint density at radius 1 is 1.36 bits per heavy atom. The molecule has 0 saturated carbocycles. The second-order valence-corrected chi connectivity index (χ2v) is 2.61. The summed E-state index contributed by atoms with van der Waals surface area (Å²) in [6.07, 6.45) is 1.78. The quantitative estimate of drug-likeness (QED) is 0.563. The normalized spacial score (nSPS) is 10.7. The van der Waals surface area contributed by atoms with Gasteiger partial charge in [0.25, 0.3) is 0 Å². The summed E-state index contributed by atoms with van der Waals surface area (Å²) in [4.78, 5) is 4.27. The maximum atomic E-state index is 4.27. The fourth-order valence-electron chi connectivity index (χ4n) is 1.24. The van der Waals surface area contributed by atoms with Gasteiger partial charge in [-0.05, 0) is 26.0 Å². The zero-order valence-corrected chi connectivity index (χ0v) is 6.57. The fraction of sp³-hybridized carbons (Fsp3) is 0.250. The van der Waals surface area contributed by atoms with Crippen LogP contribution in [0.1, 0.15) is 11.5 Å². The summed E-state index contributed by atoms with van der Waals surface area (Å²) >= 11 is 0. The average molecular weight is 147 g/mol. The van der Waals surface area contributed by atoms with E-state index in [-0.39, 0.29) is 0 Å². The molecule has 2 heterocycles. The van der Waals surface area contributed by atoms with E-state index in [0.717, 1.165) is 17.0 Å². The van der Waals surface area contributed by atoms with Crippen LogP contribution < -0.4 is 0 Å². The summed E-state index contributed by atoms with van der Waals surface area (Å²) in [5.74, 6) is 0.935. The zero-order chi connectivity index (χ0) is 7.84. The molecule has 0 aliphatic carbocycles. The zero-order valence-electron chi connectivity index (χ0n) is 6.57. The molecule has 0 aliphatic heterocycles. The third kappa shape index (κ3) is 0.888. The Labute approximate surface area is 64.7 Å². The molecule has 0 spiro atoms. The molecule has 2 aromatic rings. The lowest BCUT2D eigenvalue weighted by atomic mass is 10.4. The van der Waals surface area contributed by atoms with Crippen LogP contribution in [-0.4, -0.2) is 14.6 Å². The largest absolute Gasteiger partial charge is 0.238 e. The van der Waals surface area contributed by atoms with E-state index in [9.17, 15) is 0 Å². The van der Waals surface area contributed by atoms with Gasteiger partial charge in [-0.1, -0.05) is 0 Å². The van der Waals surface area contributed by atoms with Crippen molar-refractivity contribution in [2.75, 3.05) is 0 Å². The second-order valence-electron chi connectivity index (χ2n) is 2.61. The van der Waals surface area contributed by atoms with Crippen molar-refractivity contribution in [2.24, 2.45) is 0 Å². The van der Waals surface area contributed by atoms with Gasteiger partial charge in [0, 0.05) is 5.69 Å². The van der Waals surface area contributed by atoms with E-state index in [2.05, 4.69) is 10.1 Å². The molecule has 0 aliphatic rings. The van der Waals surface area contributed by atoms with Crippen LogP contribution >= 0.6 is 0 Å². The molecule has 0 saturated heterocycles. The number of aromatic nitrogens is 3. The lowest BCUT2D eigenvalue weighted by Crippen LogP contribution is -1.97. The summed E-state index contributed by atoms with van der Waals surface area (Å²) in [5.41, 5.74) is 2.14. The highest BCUT2D eigenvalue weighted by Gasteiger charge is 1.97. The van der Waals surface area contributed by atoms with Crippen LogP contribution in [0.2, 0.25) is 0 Å². The van der Waals surface area contributed by atoms with E-state index in [4.69, 9.17) is 0 Å². The lowest BCUT2D eigenvalue weighted by molar-refractivity contribution is 0.852. The molecule has 0 amide bonds. The highest BCUT2D eigenvalue weighted by molar-refractivity contribution is 5.46. The Kier molecular flexibility index (Phi) is 1.18. The first-order valence-electron chi connectivity index (χ1n) is 3.55. The van der Waals surface area contributed by atoms with Crippen molar-refractivity contribution in [3.8, 4) is 0 Å². The Bertz CT molecular complexity index is 389. The van der Waals surface area contributed by atoms with Crippen LogP contribution in [0.5, 0.6) is 0 Å². The van der Waals surface area contributed by atoms with Crippen LogP contribution in [0, 0.1) is 13.8 Å². The van der Waals surface area contributed by atoms with E-state index < -0.39 is 0 Å². The van der Waals surface area contributed by atoms with Crippen LogP contribution in [0.25, 0.3) is 5.52 Å². The third-order valence-corrected chi connectivity index (χ3v) is 1.67. The molecular formula is C8H9N3. The van der Waals surface area contributed by atoms with E-state index in [1.54, 1.807) is 6.20 Å². The molecule has 0 N–H and O–H groups in total. The van der Waals surface area contributed by atoms with Crippen molar-refractivity contribution < 1.29 is 0 Å². The van der Waals surface area contributed by atoms with Crippen molar-refractivity contribution in [3.05, 3.63) is 29.8 Å². The molecular weight excluding hydrogens is 138 g/mol. The van der Waals surface area contributed by atoms with E-state index in [1.807, 2.05) is 30.5 Å². The summed E-state index contributed by atoms with van der Waals surface area (Å²) in [7, 11) is 0. The molecule has 0 unspecified atom stereocenters. The standard InChI is InChI=1S/C8H9N3/c1-6-5-8-3-4-9-11(8)7(2)10-6/h3-5H,1-2H3. The summed E-state index contributed by atoms with van der Waals surface area (Å²) in [5, 5.41) is 4.11. The van der Waals surface area contributed by atoms with Crippen LogP contribution in [0.3, 0.4) is 0 Å². The van der Waals surface area contributed by atoms with Crippen LogP contribution in [0.4, 0.5) is 0 Å². The molecule has 2 aromatic heterocycles. The van der Waals surface area contributed by atoms with Gasteiger partial charge in [-0.15, -0.1) is 0 Å². The summed E-state index contributed by atoms with van der Waals surface area (Å²) < 4.78 is 1.83. The van der Waals surface area contributed by atoms with Gasteiger partial charge in [0.15, 0.2) is 0 Å². The van der Waals surface area contributed by atoms with Gasteiger partial charge >= 0.3 is 0 Å². The fourth-order valence-corrected chi connectivity index (χ4v) is 1.24. The predicted octanol–water partition coefficient (Wildman–Crippen LogP) is 1.35. The van der Waals surface area contributed by atoms with Crippen molar-refractivity contribution in [2.45, 2.75) is 13.8 Å². The molecule has 56 valence electrons.